The van der Waals surface area contributed by atoms with Gasteiger partial charge in [0.2, 0.25) is 0 Å². The Morgan fingerprint density at radius 3 is 2.76 bits per heavy atom. The van der Waals surface area contributed by atoms with Crippen molar-refractivity contribution < 1.29 is 19.0 Å². The van der Waals surface area contributed by atoms with Gasteiger partial charge >= 0.3 is 0 Å². The minimum Gasteiger partial charge on any atom is -0.497 e. The lowest BCUT2D eigenvalue weighted by molar-refractivity contribution is 0.0343. The average molecular weight is 416 g/mol. The first kappa shape index (κ1) is 19.8. The van der Waals surface area contributed by atoms with E-state index < -0.39 is 0 Å². The predicted molar refractivity (Wildman–Crippen MR) is 115 cm³/mol. The molecule has 29 heavy (non-hydrogen) atoms. The zero-order valence-corrected chi connectivity index (χ0v) is 17.6. The maximum Gasteiger partial charge on any atom is 0.272 e. The van der Waals surface area contributed by atoms with Gasteiger partial charge in [-0.05, 0) is 25.1 Å². The molecule has 0 unspecified atom stereocenters. The maximum atomic E-state index is 13.2. The lowest BCUT2D eigenvalue weighted by atomic mass is 10.2. The number of nitrogens with one attached hydrogen (secondary N) is 2. The quantitative estimate of drug-likeness (QED) is 0.643. The highest BCUT2D eigenvalue weighted by molar-refractivity contribution is 7.19. The number of rotatable bonds is 6. The summed E-state index contributed by atoms with van der Waals surface area (Å²) in [6.07, 6.45) is 0. The van der Waals surface area contributed by atoms with Crippen LogP contribution in [-0.4, -0.2) is 56.3 Å². The summed E-state index contributed by atoms with van der Waals surface area (Å²) in [5.74, 6) is 1.04. The van der Waals surface area contributed by atoms with Crippen LogP contribution in [0.4, 0.5) is 5.69 Å². The number of H-pyrrole nitrogens is 1. The molecule has 0 saturated carbocycles. The number of hydrogen-bond donors (Lipinski definition) is 2. The molecule has 154 valence electrons. The molecule has 2 N–H and O–H groups in total. The van der Waals surface area contributed by atoms with Crippen molar-refractivity contribution in [2.24, 2.45) is 0 Å². The fourth-order valence-corrected chi connectivity index (χ4v) is 4.59. The average Bonchev–Trinajstić information content (AvgIpc) is 3.25. The maximum absolute atomic E-state index is 13.2. The Morgan fingerprint density at radius 2 is 2.03 bits per heavy atom. The second kappa shape index (κ2) is 8.44. The molecule has 0 aliphatic carbocycles. The van der Waals surface area contributed by atoms with Gasteiger partial charge in [0.1, 0.15) is 17.2 Å². The van der Waals surface area contributed by atoms with E-state index in [-0.39, 0.29) is 5.91 Å². The van der Waals surface area contributed by atoms with Gasteiger partial charge in [0.15, 0.2) is 0 Å². The first-order valence-electron chi connectivity index (χ1n) is 9.53. The number of hydrogen-bond acceptors (Lipinski definition) is 6. The monoisotopic (exact) mass is 415 g/mol. The Hall–Kier alpha value is -2.55. The number of aryl methyl sites for hydroxylation is 1. The van der Waals surface area contributed by atoms with E-state index in [4.69, 9.17) is 14.2 Å². The van der Waals surface area contributed by atoms with Gasteiger partial charge in [0, 0.05) is 36.1 Å². The van der Waals surface area contributed by atoms with Gasteiger partial charge in [-0.1, -0.05) is 0 Å². The Balaban J connectivity index is 1.66. The van der Waals surface area contributed by atoms with Crippen LogP contribution in [-0.2, 0) is 11.3 Å². The van der Waals surface area contributed by atoms with Crippen LogP contribution >= 0.6 is 11.3 Å². The molecule has 7 nitrogen and oxygen atoms in total. The molecule has 0 atom stereocenters. The molecule has 1 fully saturated rings. The van der Waals surface area contributed by atoms with E-state index in [9.17, 15) is 4.79 Å². The van der Waals surface area contributed by atoms with Crippen molar-refractivity contribution in [1.29, 1.82) is 0 Å². The molecule has 0 bridgehead atoms. The molecular formula is C21H25N3O4S. The Kier molecular flexibility index (Phi) is 5.75. The zero-order chi connectivity index (χ0) is 20.4. The van der Waals surface area contributed by atoms with Crippen LogP contribution in [0.25, 0.3) is 10.2 Å². The molecule has 1 aromatic carbocycles. The molecule has 1 aliphatic heterocycles. The lowest BCUT2D eigenvalue weighted by Crippen LogP contribution is -2.36. The van der Waals surface area contributed by atoms with Crippen molar-refractivity contribution in [2.45, 2.75) is 13.5 Å². The molecule has 1 aliphatic rings. The predicted octanol–water partition coefficient (Wildman–Crippen LogP) is 3.64. The van der Waals surface area contributed by atoms with Gasteiger partial charge in [-0.3, -0.25) is 9.69 Å². The number of aromatic amines is 1. The number of carbonyl (C=O) groups is 1. The number of amides is 1. The van der Waals surface area contributed by atoms with Crippen LogP contribution in [0.3, 0.4) is 0 Å². The van der Waals surface area contributed by atoms with Crippen molar-refractivity contribution in [2.75, 3.05) is 45.8 Å². The molecule has 8 heteroatoms. The zero-order valence-electron chi connectivity index (χ0n) is 16.8. The molecular weight excluding hydrogens is 390 g/mol. The number of carbonyl (C=O) groups excluding carboxylic acids is 1. The topological polar surface area (TPSA) is 75.8 Å². The number of benzene rings is 1. The smallest absolute Gasteiger partial charge is 0.272 e. The van der Waals surface area contributed by atoms with Crippen LogP contribution in [0, 0.1) is 6.92 Å². The number of fused-ring (bicyclic) bond motifs is 1. The Bertz CT molecular complexity index is 1020. The number of ether oxygens (including phenoxy) is 3. The van der Waals surface area contributed by atoms with Crippen LogP contribution in [0.15, 0.2) is 24.3 Å². The van der Waals surface area contributed by atoms with Gasteiger partial charge < -0.3 is 24.5 Å². The number of nitrogens with zero attached hydrogens (tertiary/aromatic N) is 1. The minimum absolute atomic E-state index is 0.194. The molecule has 1 saturated heterocycles. The highest BCUT2D eigenvalue weighted by Crippen LogP contribution is 2.34. The van der Waals surface area contributed by atoms with Gasteiger partial charge in [0.05, 0.1) is 43.3 Å². The molecule has 0 radical (unpaired) electrons. The van der Waals surface area contributed by atoms with Gasteiger partial charge in [-0.25, -0.2) is 0 Å². The van der Waals surface area contributed by atoms with E-state index >= 15 is 0 Å². The van der Waals surface area contributed by atoms with E-state index in [0.29, 0.717) is 29.4 Å². The summed E-state index contributed by atoms with van der Waals surface area (Å²) in [5.41, 5.74) is 3.18. The summed E-state index contributed by atoms with van der Waals surface area (Å²) in [7, 11) is 3.17. The number of thiophene rings is 1. The van der Waals surface area contributed by atoms with E-state index in [1.54, 1.807) is 43.8 Å². The van der Waals surface area contributed by atoms with Crippen molar-refractivity contribution in [3.05, 3.63) is 40.4 Å². The highest BCUT2D eigenvalue weighted by Gasteiger charge is 2.23. The summed E-state index contributed by atoms with van der Waals surface area (Å²) in [4.78, 5) is 20.1. The van der Waals surface area contributed by atoms with Gasteiger partial charge in [-0.2, -0.15) is 0 Å². The van der Waals surface area contributed by atoms with Gasteiger partial charge in [0.25, 0.3) is 5.91 Å². The SMILES string of the molecule is COc1ccc(OC)c(NC(=O)c2[nH]c3cc(C)sc3c2CN2CCOCC2)c1. The van der Waals surface area contributed by atoms with E-state index in [2.05, 4.69) is 28.2 Å². The summed E-state index contributed by atoms with van der Waals surface area (Å²) >= 11 is 1.71. The molecule has 0 spiro atoms. The van der Waals surface area contributed by atoms with Gasteiger partial charge in [-0.15, -0.1) is 11.3 Å². The van der Waals surface area contributed by atoms with Crippen LogP contribution in [0.2, 0.25) is 0 Å². The molecule has 3 aromatic rings. The van der Waals surface area contributed by atoms with E-state index in [1.165, 1.54) is 4.88 Å². The fourth-order valence-electron chi connectivity index (χ4n) is 3.58. The summed E-state index contributed by atoms with van der Waals surface area (Å²) in [6.45, 7) is 5.96. The first-order valence-corrected chi connectivity index (χ1v) is 10.3. The van der Waals surface area contributed by atoms with Crippen molar-refractivity contribution >= 4 is 33.1 Å². The number of anilines is 1. The van der Waals surface area contributed by atoms with E-state index in [0.717, 1.165) is 42.1 Å². The minimum atomic E-state index is -0.194. The molecule has 3 heterocycles. The van der Waals surface area contributed by atoms with Crippen LogP contribution in [0.1, 0.15) is 20.9 Å². The molecule has 1 amide bonds. The van der Waals surface area contributed by atoms with Crippen molar-refractivity contribution in [3.63, 3.8) is 0 Å². The first-order chi connectivity index (χ1) is 14.1. The standard InChI is InChI=1S/C21H25N3O4S/c1-13-10-17-20(29-13)15(12-24-6-8-28-9-7-24)19(22-17)21(25)23-16-11-14(26-2)4-5-18(16)27-3/h4-5,10-11,22H,6-9,12H2,1-3H3,(H,23,25). The summed E-state index contributed by atoms with van der Waals surface area (Å²) < 4.78 is 17.3. The third-order valence-electron chi connectivity index (χ3n) is 5.06. The Labute approximate surface area is 173 Å². The van der Waals surface area contributed by atoms with Crippen LogP contribution in [0.5, 0.6) is 11.5 Å². The van der Waals surface area contributed by atoms with Crippen molar-refractivity contribution in [1.82, 2.24) is 9.88 Å². The lowest BCUT2D eigenvalue weighted by Gasteiger charge is -2.26. The number of aromatic nitrogens is 1. The van der Waals surface area contributed by atoms with Crippen molar-refractivity contribution in [3.8, 4) is 11.5 Å². The second-order valence-electron chi connectivity index (χ2n) is 6.99. The fraction of sp³-hybridized carbons (Fsp3) is 0.381. The number of methoxy groups -OCH3 is 2. The highest BCUT2D eigenvalue weighted by atomic mass is 32.1. The molecule has 4 rings (SSSR count). The summed E-state index contributed by atoms with van der Waals surface area (Å²) in [5, 5.41) is 2.98. The number of morpholine rings is 1. The third kappa shape index (κ3) is 4.10. The normalized spacial score (nSPS) is 14.9. The van der Waals surface area contributed by atoms with Crippen LogP contribution < -0.4 is 14.8 Å². The largest absolute Gasteiger partial charge is 0.497 e. The summed E-state index contributed by atoms with van der Waals surface area (Å²) in [6, 6.07) is 7.42. The Morgan fingerprint density at radius 1 is 1.24 bits per heavy atom. The van der Waals surface area contributed by atoms with E-state index in [1.807, 2.05) is 0 Å². The third-order valence-corrected chi connectivity index (χ3v) is 6.17. The molecule has 2 aromatic heterocycles. The second-order valence-corrected chi connectivity index (χ2v) is 8.24.